The molecule has 3 aromatic rings. The molecule has 26 heavy (non-hydrogen) atoms. The largest absolute Gasteiger partial charge is 0.343 e. The van der Waals surface area contributed by atoms with Gasteiger partial charge in [0.2, 0.25) is 5.91 Å². The quantitative estimate of drug-likeness (QED) is 0.530. The van der Waals surface area contributed by atoms with Crippen molar-refractivity contribution in [3.05, 3.63) is 77.6 Å². The summed E-state index contributed by atoms with van der Waals surface area (Å²) < 4.78 is 1.83. The van der Waals surface area contributed by atoms with Gasteiger partial charge in [-0.3, -0.25) is 9.59 Å². The zero-order valence-electron chi connectivity index (χ0n) is 14.3. The topological polar surface area (TPSA) is 64.0 Å². The van der Waals surface area contributed by atoms with E-state index in [1.54, 1.807) is 24.3 Å². The third-order valence-corrected chi connectivity index (χ3v) is 4.34. The van der Waals surface area contributed by atoms with Crippen LogP contribution in [-0.2, 0) is 11.3 Å². The van der Waals surface area contributed by atoms with E-state index in [2.05, 4.69) is 16.9 Å². The number of hydrogen-bond acceptors (Lipinski definition) is 3. The SMILES string of the molecule is C=CC(=O)NC(C)c1nc2ccccc2n1CC(=O)c1ccc(Cl)cc1. The molecule has 3 rings (SSSR count). The summed E-state index contributed by atoms with van der Waals surface area (Å²) in [6, 6.07) is 14.0. The molecule has 1 atom stereocenters. The highest BCUT2D eigenvalue weighted by Gasteiger charge is 2.19. The van der Waals surface area contributed by atoms with Gasteiger partial charge in [-0.2, -0.15) is 0 Å². The minimum atomic E-state index is -0.370. The van der Waals surface area contributed by atoms with Crippen LogP contribution in [0.5, 0.6) is 0 Å². The first-order chi connectivity index (χ1) is 12.5. The van der Waals surface area contributed by atoms with Gasteiger partial charge < -0.3 is 9.88 Å². The van der Waals surface area contributed by atoms with Crippen molar-refractivity contribution in [3.8, 4) is 0 Å². The Morgan fingerprint density at radius 3 is 2.62 bits per heavy atom. The second kappa shape index (κ2) is 7.54. The maximum atomic E-state index is 12.7. The van der Waals surface area contributed by atoms with E-state index < -0.39 is 0 Å². The van der Waals surface area contributed by atoms with E-state index in [-0.39, 0.29) is 24.3 Å². The summed E-state index contributed by atoms with van der Waals surface area (Å²) >= 11 is 5.89. The van der Waals surface area contributed by atoms with Crippen LogP contribution in [0.2, 0.25) is 5.02 Å². The second-order valence-corrected chi connectivity index (χ2v) is 6.35. The lowest BCUT2D eigenvalue weighted by molar-refractivity contribution is -0.117. The molecule has 5 nitrogen and oxygen atoms in total. The van der Waals surface area contributed by atoms with Crippen LogP contribution in [0.25, 0.3) is 11.0 Å². The van der Waals surface area contributed by atoms with Crippen LogP contribution in [0.1, 0.15) is 29.1 Å². The Balaban J connectivity index is 1.98. The molecule has 0 aliphatic heterocycles. The number of hydrogen-bond donors (Lipinski definition) is 1. The van der Waals surface area contributed by atoms with Gasteiger partial charge in [0.05, 0.1) is 23.6 Å². The lowest BCUT2D eigenvalue weighted by Gasteiger charge is -2.15. The van der Waals surface area contributed by atoms with Crippen molar-refractivity contribution in [1.82, 2.24) is 14.9 Å². The molecule has 0 saturated heterocycles. The first-order valence-electron chi connectivity index (χ1n) is 8.16. The fraction of sp³-hybridized carbons (Fsp3) is 0.150. The number of nitrogens with one attached hydrogen (secondary N) is 1. The average molecular weight is 368 g/mol. The van der Waals surface area contributed by atoms with E-state index in [4.69, 9.17) is 11.6 Å². The number of carbonyl (C=O) groups excluding carboxylic acids is 2. The van der Waals surface area contributed by atoms with Gasteiger partial charge in [-0.15, -0.1) is 0 Å². The van der Waals surface area contributed by atoms with Gasteiger partial charge in [0.1, 0.15) is 5.82 Å². The molecular weight excluding hydrogens is 350 g/mol. The summed E-state index contributed by atoms with van der Waals surface area (Å²) in [7, 11) is 0. The van der Waals surface area contributed by atoms with E-state index >= 15 is 0 Å². The Kier molecular flexibility index (Phi) is 5.19. The van der Waals surface area contributed by atoms with Crippen LogP contribution in [0.4, 0.5) is 0 Å². The van der Waals surface area contributed by atoms with Crippen LogP contribution in [-0.4, -0.2) is 21.2 Å². The number of halogens is 1. The predicted molar refractivity (Wildman–Crippen MR) is 102 cm³/mol. The maximum absolute atomic E-state index is 12.7. The molecule has 0 aliphatic carbocycles. The molecule has 0 radical (unpaired) electrons. The second-order valence-electron chi connectivity index (χ2n) is 5.91. The van der Waals surface area contributed by atoms with Crippen molar-refractivity contribution in [2.75, 3.05) is 0 Å². The number of fused-ring (bicyclic) bond motifs is 1. The lowest BCUT2D eigenvalue weighted by atomic mass is 10.1. The van der Waals surface area contributed by atoms with E-state index in [1.165, 1.54) is 6.08 Å². The Bertz CT molecular complexity index is 976. The Hall–Kier alpha value is -2.92. The number of amides is 1. The van der Waals surface area contributed by atoms with Crippen LogP contribution in [0, 0.1) is 0 Å². The number of benzene rings is 2. The summed E-state index contributed by atoms with van der Waals surface area (Å²) in [5, 5.41) is 3.38. The Morgan fingerprint density at radius 1 is 1.23 bits per heavy atom. The molecule has 1 unspecified atom stereocenters. The zero-order chi connectivity index (χ0) is 18.7. The summed E-state index contributed by atoms with van der Waals surface area (Å²) in [6.07, 6.45) is 1.21. The number of carbonyl (C=O) groups is 2. The fourth-order valence-corrected chi connectivity index (χ4v) is 2.92. The van der Waals surface area contributed by atoms with Crippen molar-refractivity contribution < 1.29 is 9.59 Å². The maximum Gasteiger partial charge on any atom is 0.243 e. The van der Waals surface area contributed by atoms with Gasteiger partial charge in [0.25, 0.3) is 0 Å². The van der Waals surface area contributed by atoms with Gasteiger partial charge in [-0.25, -0.2) is 4.98 Å². The molecule has 0 bridgehead atoms. The molecule has 2 aromatic carbocycles. The third kappa shape index (κ3) is 3.68. The summed E-state index contributed by atoms with van der Waals surface area (Å²) in [6.45, 7) is 5.41. The minimum Gasteiger partial charge on any atom is -0.343 e. The molecule has 1 N–H and O–H groups in total. The van der Waals surface area contributed by atoms with Gasteiger partial charge in [-0.1, -0.05) is 30.3 Å². The number of Topliss-reactive ketones (excluding diaryl/α,β-unsaturated/α-hetero) is 1. The molecule has 6 heteroatoms. The lowest BCUT2D eigenvalue weighted by Crippen LogP contribution is -2.27. The van der Waals surface area contributed by atoms with Crippen LogP contribution in [0.3, 0.4) is 0 Å². The monoisotopic (exact) mass is 367 g/mol. The molecule has 0 spiro atoms. The molecule has 132 valence electrons. The normalized spacial score (nSPS) is 11.9. The minimum absolute atomic E-state index is 0.0617. The first-order valence-corrected chi connectivity index (χ1v) is 8.54. The zero-order valence-corrected chi connectivity index (χ0v) is 15.0. The Morgan fingerprint density at radius 2 is 1.92 bits per heavy atom. The van der Waals surface area contributed by atoms with Gasteiger partial charge in [0, 0.05) is 10.6 Å². The molecule has 0 saturated carbocycles. The van der Waals surface area contributed by atoms with Gasteiger partial charge in [0.15, 0.2) is 5.78 Å². The summed E-state index contributed by atoms with van der Waals surface area (Å²) in [4.78, 5) is 29.0. The number of ketones is 1. The van der Waals surface area contributed by atoms with E-state index in [9.17, 15) is 9.59 Å². The number of aromatic nitrogens is 2. The van der Waals surface area contributed by atoms with Crippen molar-refractivity contribution in [2.45, 2.75) is 19.5 Å². The molecule has 0 aliphatic rings. The van der Waals surface area contributed by atoms with Crippen molar-refractivity contribution >= 4 is 34.3 Å². The summed E-state index contributed by atoms with van der Waals surface area (Å²) in [5.41, 5.74) is 2.18. The molecular formula is C20H18ClN3O2. The highest BCUT2D eigenvalue weighted by Crippen LogP contribution is 2.22. The Labute approximate surface area is 156 Å². The number of nitrogens with zero attached hydrogens (tertiary/aromatic N) is 2. The van der Waals surface area contributed by atoms with Gasteiger partial charge >= 0.3 is 0 Å². The molecule has 1 aromatic heterocycles. The highest BCUT2D eigenvalue weighted by molar-refractivity contribution is 6.30. The first kappa shape index (κ1) is 17.9. The van der Waals surface area contributed by atoms with Gasteiger partial charge in [-0.05, 0) is 49.4 Å². The highest BCUT2D eigenvalue weighted by atomic mass is 35.5. The summed E-state index contributed by atoms with van der Waals surface area (Å²) in [5.74, 6) is 0.261. The van der Waals surface area contributed by atoms with Crippen molar-refractivity contribution in [1.29, 1.82) is 0 Å². The number of para-hydroxylation sites is 2. The number of imidazole rings is 1. The smallest absolute Gasteiger partial charge is 0.243 e. The average Bonchev–Trinajstić information content (AvgIpc) is 3.01. The van der Waals surface area contributed by atoms with Crippen LogP contribution in [0.15, 0.2) is 61.2 Å². The van der Waals surface area contributed by atoms with Crippen molar-refractivity contribution in [3.63, 3.8) is 0 Å². The molecule has 0 fully saturated rings. The van der Waals surface area contributed by atoms with Crippen LogP contribution < -0.4 is 5.32 Å². The fourth-order valence-electron chi connectivity index (χ4n) is 2.80. The van der Waals surface area contributed by atoms with Crippen molar-refractivity contribution in [2.24, 2.45) is 0 Å². The van der Waals surface area contributed by atoms with E-state index in [0.717, 1.165) is 11.0 Å². The van der Waals surface area contributed by atoms with Crippen LogP contribution >= 0.6 is 11.6 Å². The third-order valence-electron chi connectivity index (χ3n) is 4.08. The van der Waals surface area contributed by atoms with E-state index in [1.807, 2.05) is 35.8 Å². The molecule has 1 amide bonds. The van der Waals surface area contributed by atoms with E-state index in [0.29, 0.717) is 16.4 Å². The number of rotatable bonds is 6. The predicted octanol–water partition coefficient (Wildman–Crippen LogP) is 3.94. The standard InChI is InChI=1S/C20H18ClN3O2/c1-3-19(26)22-13(2)20-23-16-6-4-5-7-17(16)24(20)12-18(25)14-8-10-15(21)11-9-14/h3-11,13H,1,12H2,2H3,(H,22,26). The molecule has 1 heterocycles.